The fourth-order valence-corrected chi connectivity index (χ4v) is 3.76. The van der Waals surface area contributed by atoms with Gasteiger partial charge in [0.15, 0.2) is 0 Å². The highest BCUT2D eigenvalue weighted by molar-refractivity contribution is 5.95. The Labute approximate surface area is 147 Å². The summed E-state index contributed by atoms with van der Waals surface area (Å²) in [5.74, 6) is -0.781. The van der Waals surface area contributed by atoms with Gasteiger partial charge in [-0.25, -0.2) is 0 Å². The smallest absolute Gasteiger partial charge is 0.257 e. The molecule has 3 rings (SSSR count). The summed E-state index contributed by atoms with van der Waals surface area (Å²) in [6, 6.07) is 0.394. The van der Waals surface area contributed by atoms with Gasteiger partial charge >= 0.3 is 0 Å². The molecule has 3 heterocycles. The van der Waals surface area contributed by atoms with Gasteiger partial charge in [-0.3, -0.25) is 19.2 Å². The molecular formula is C17H27N5O3. The van der Waals surface area contributed by atoms with Crippen molar-refractivity contribution in [3.05, 3.63) is 17.5 Å². The van der Waals surface area contributed by atoms with Crippen LogP contribution in [0, 0.1) is 12.8 Å². The van der Waals surface area contributed by atoms with Gasteiger partial charge in [-0.1, -0.05) is 0 Å². The lowest BCUT2D eigenvalue weighted by atomic mass is 10.0. The SMILES string of the molecule is Cc1nn(C)cc1C(=O)N1CCN(C2CCOCC2)C[C@@H](C(N)=O)C1. The number of hydrogen-bond donors (Lipinski definition) is 1. The first-order chi connectivity index (χ1) is 12.0. The largest absolute Gasteiger partial charge is 0.381 e. The van der Waals surface area contributed by atoms with Crippen LogP contribution in [0.15, 0.2) is 6.20 Å². The van der Waals surface area contributed by atoms with Crippen molar-refractivity contribution in [2.75, 3.05) is 39.4 Å². The summed E-state index contributed by atoms with van der Waals surface area (Å²) in [5.41, 5.74) is 6.91. The van der Waals surface area contributed by atoms with Gasteiger partial charge < -0.3 is 15.4 Å². The predicted molar refractivity (Wildman–Crippen MR) is 91.9 cm³/mol. The fraction of sp³-hybridized carbons (Fsp3) is 0.706. The van der Waals surface area contributed by atoms with E-state index in [0.29, 0.717) is 36.9 Å². The molecule has 0 radical (unpaired) electrons. The number of amides is 2. The van der Waals surface area contributed by atoms with E-state index in [0.717, 1.165) is 32.6 Å². The molecule has 1 atom stereocenters. The number of hydrogen-bond acceptors (Lipinski definition) is 5. The van der Waals surface area contributed by atoms with E-state index in [4.69, 9.17) is 10.5 Å². The minimum Gasteiger partial charge on any atom is -0.381 e. The Balaban J connectivity index is 1.76. The second-order valence-electron chi connectivity index (χ2n) is 6.99. The minimum absolute atomic E-state index is 0.0781. The predicted octanol–water partition coefficient (Wildman–Crippen LogP) is -0.233. The molecule has 0 aliphatic carbocycles. The molecule has 2 aliphatic heterocycles. The van der Waals surface area contributed by atoms with Crippen LogP contribution in [0.2, 0.25) is 0 Å². The highest BCUT2D eigenvalue weighted by Gasteiger charge is 2.33. The molecule has 0 bridgehead atoms. The molecular weight excluding hydrogens is 322 g/mol. The lowest BCUT2D eigenvalue weighted by molar-refractivity contribution is -0.122. The van der Waals surface area contributed by atoms with Gasteiger partial charge in [0.05, 0.1) is 17.2 Å². The second kappa shape index (κ2) is 7.53. The zero-order chi connectivity index (χ0) is 18.0. The summed E-state index contributed by atoms with van der Waals surface area (Å²) in [6.45, 7) is 5.64. The summed E-state index contributed by atoms with van der Waals surface area (Å²) in [6.07, 6.45) is 3.65. The zero-order valence-corrected chi connectivity index (χ0v) is 15.0. The maximum atomic E-state index is 12.9. The van der Waals surface area contributed by atoms with Crippen molar-refractivity contribution >= 4 is 11.8 Å². The third kappa shape index (κ3) is 4.01. The van der Waals surface area contributed by atoms with Crippen LogP contribution in [0.1, 0.15) is 28.9 Å². The number of nitrogens with zero attached hydrogens (tertiary/aromatic N) is 4. The van der Waals surface area contributed by atoms with E-state index in [9.17, 15) is 9.59 Å². The van der Waals surface area contributed by atoms with Crippen molar-refractivity contribution in [3.63, 3.8) is 0 Å². The monoisotopic (exact) mass is 349 g/mol. The van der Waals surface area contributed by atoms with Crippen LogP contribution < -0.4 is 5.73 Å². The van der Waals surface area contributed by atoms with Gasteiger partial charge in [-0.2, -0.15) is 5.10 Å². The quantitative estimate of drug-likeness (QED) is 0.813. The molecule has 2 N–H and O–H groups in total. The van der Waals surface area contributed by atoms with Gasteiger partial charge in [0, 0.05) is 58.7 Å². The van der Waals surface area contributed by atoms with E-state index < -0.39 is 0 Å². The fourth-order valence-electron chi connectivity index (χ4n) is 3.76. The Morgan fingerprint density at radius 1 is 1.24 bits per heavy atom. The Kier molecular flexibility index (Phi) is 5.39. The standard InChI is InChI=1S/C17H27N5O3/c1-12-15(11-20(2)19-12)17(24)22-6-5-21(9-13(10-22)16(18)23)14-3-7-25-8-4-14/h11,13-14H,3-10H2,1-2H3,(H2,18,23)/t13-/m1/s1. The molecule has 1 aromatic heterocycles. The maximum Gasteiger partial charge on any atom is 0.257 e. The molecule has 0 unspecified atom stereocenters. The van der Waals surface area contributed by atoms with Crippen LogP contribution in [0.3, 0.4) is 0 Å². The molecule has 2 amide bonds. The average Bonchev–Trinajstić information content (AvgIpc) is 2.81. The maximum absolute atomic E-state index is 12.9. The van der Waals surface area contributed by atoms with Crippen molar-refractivity contribution in [2.24, 2.45) is 18.7 Å². The Bertz CT molecular complexity index is 638. The Hall–Kier alpha value is -1.93. The van der Waals surface area contributed by atoms with Crippen LogP contribution in [0.5, 0.6) is 0 Å². The number of primary amides is 1. The van der Waals surface area contributed by atoms with E-state index in [-0.39, 0.29) is 17.7 Å². The summed E-state index contributed by atoms with van der Waals surface area (Å²) >= 11 is 0. The molecule has 2 saturated heterocycles. The molecule has 1 aromatic rings. The van der Waals surface area contributed by atoms with Gasteiger partial charge in [0.1, 0.15) is 0 Å². The van der Waals surface area contributed by atoms with Crippen molar-refractivity contribution < 1.29 is 14.3 Å². The zero-order valence-electron chi connectivity index (χ0n) is 15.0. The number of ether oxygens (including phenoxy) is 1. The lowest BCUT2D eigenvalue weighted by Gasteiger charge is -2.34. The molecule has 0 saturated carbocycles. The van der Waals surface area contributed by atoms with E-state index in [2.05, 4.69) is 10.00 Å². The first kappa shape index (κ1) is 17.9. The number of rotatable bonds is 3. The first-order valence-corrected chi connectivity index (χ1v) is 8.86. The lowest BCUT2D eigenvalue weighted by Crippen LogP contribution is -2.44. The van der Waals surface area contributed by atoms with Crippen molar-refractivity contribution in [1.29, 1.82) is 0 Å². The molecule has 138 valence electrons. The highest BCUT2D eigenvalue weighted by atomic mass is 16.5. The van der Waals surface area contributed by atoms with Crippen LogP contribution >= 0.6 is 0 Å². The number of carbonyl (C=O) groups is 2. The minimum atomic E-state index is -0.355. The molecule has 0 spiro atoms. The van der Waals surface area contributed by atoms with Crippen molar-refractivity contribution in [3.8, 4) is 0 Å². The molecule has 8 heteroatoms. The van der Waals surface area contributed by atoms with Gasteiger partial charge in [-0.15, -0.1) is 0 Å². The molecule has 2 aliphatic rings. The molecule has 0 aromatic carbocycles. The van der Waals surface area contributed by atoms with Crippen molar-refractivity contribution in [2.45, 2.75) is 25.8 Å². The van der Waals surface area contributed by atoms with Crippen molar-refractivity contribution in [1.82, 2.24) is 19.6 Å². The Morgan fingerprint density at radius 2 is 1.96 bits per heavy atom. The summed E-state index contributed by atoms with van der Waals surface area (Å²) in [7, 11) is 1.80. The topological polar surface area (TPSA) is 93.7 Å². The normalized spacial score (nSPS) is 23.4. The van der Waals surface area contributed by atoms with Crippen LogP contribution in [-0.4, -0.2) is 76.8 Å². The van der Waals surface area contributed by atoms with E-state index in [1.807, 2.05) is 6.92 Å². The van der Waals surface area contributed by atoms with E-state index in [1.54, 1.807) is 22.8 Å². The van der Waals surface area contributed by atoms with Gasteiger partial charge in [0.2, 0.25) is 5.91 Å². The van der Waals surface area contributed by atoms with Gasteiger partial charge in [0.25, 0.3) is 5.91 Å². The number of nitrogens with two attached hydrogens (primary N) is 1. The van der Waals surface area contributed by atoms with Gasteiger partial charge in [-0.05, 0) is 19.8 Å². The third-order valence-electron chi connectivity index (χ3n) is 5.19. The third-order valence-corrected chi connectivity index (χ3v) is 5.19. The van der Waals surface area contributed by atoms with Crippen LogP contribution in [0.4, 0.5) is 0 Å². The Morgan fingerprint density at radius 3 is 2.56 bits per heavy atom. The van der Waals surface area contributed by atoms with Crippen LogP contribution in [-0.2, 0) is 16.6 Å². The summed E-state index contributed by atoms with van der Waals surface area (Å²) in [5, 5.41) is 4.25. The first-order valence-electron chi connectivity index (χ1n) is 8.86. The van der Waals surface area contributed by atoms with Crippen LogP contribution in [0.25, 0.3) is 0 Å². The number of aromatic nitrogens is 2. The highest BCUT2D eigenvalue weighted by Crippen LogP contribution is 2.20. The molecule has 25 heavy (non-hydrogen) atoms. The summed E-state index contributed by atoms with van der Waals surface area (Å²) < 4.78 is 7.08. The molecule has 2 fully saturated rings. The van der Waals surface area contributed by atoms with E-state index in [1.165, 1.54) is 0 Å². The number of carbonyl (C=O) groups excluding carboxylic acids is 2. The molecule has 8 nitrogen and oxygen atoms in total. The number of aryl methyl sites for hydroxylation is 2. The van der Waals surface area contributed by atoms with E-state index >= 15 is 0 Å². The summed E-state index contributed by atoms with van der Waals surface area (Å²) in [4.78, 5) is 28.9. The second-order valence-corrected chi connectivity index (χ2v) is 6.99. The average molecular weight is 349 g/mol.